The Balaban J connectivity index is 1.47. The third-order valence-corrected chi connectivity index (χ3v) is 5.63. The van der Waals surface area contributed by atoms with Crippen molar-refractivity contribution in [3.05, 3.63) is 52.2 Å². The molecule has 122 valence electrons. The maximum absolute atomic E-state index is 12.1. The summed E-state index contributed by atoms with van der Waals surface area (Å²) in [6, 6.07) is 13.0. The van der Waals surface area contributed by atoms with Crippen molar-refractivity contribution in [1.82, 2.24) is 5.32 Å². The Morgan fingerprint density at radius 1 is 1.30 bits per heavy atom. The Hall–Kier alpha value is -1.81. The number of amides is 1. The van der Waals surface area contributed by atoms with Crippen LogP contribution in [0.1, 0.15) is 29.7 Å². The van der Waals surface area contributed by atoms with Gasteiger partial charge in [-0.05, 0) is 55.3 Å². The number of para-hydroxylation sites is 1. The molecule has 1 fully saturated rings. The van der Waals surface area contributed by atoms with Crippen molar-refractivity contribution in [2.75, 3.05) is 18.0 Å². The van der Waals surface area contributed by atoms with Gasteiger partial charge in [-0.25, -0.2) is 0 Å². The highest BCUT2D eigenvalue weighted by Gasteiger charge is 2.24. The predicted octanol–water partition coefficient (Wildman–Crippen LogP) is 3.77. The number of rotatable bonds is 6. The van der Waals surface area contributed by atoms with Crippen molar-refractivity contribution in [2.45, 2.75) is 38.6 Å². The van der Waals surface area contributed by atoms with Crippen LogP contribution >= 0.6 is 11.3 Å². The van der Waals surface area contributed by atoms with Gasteiger partial charge in [0.1, 0.15) is 0 Å². The van der Waals surface area contributed by atoms with E-state index in [0.717, 1.165) is 25.9 Å². The minimum Gasteiger partial charge on any atom is -0.367 e. The summed E-state index contributed by atoms with van der Waals surface area (Å²) >= 11 is 1.74. The van der Waals surface area contributed by atoms with Crippen LogP contribution in [0.4, 0.5) is 5.69 Å². The van der Waals surface area contributed by atoms with Crippen LogP contribution in [0, 0.1) is 6.92 Å². The van der Waals surface area contributed by atoms with Crippen LogP contribution in [0.2, 0.25) is 0 Å². The summed E-state index contributed by atoms with van der Waals surface area (Å²) in [5.41, 5.74) is 2.56. The van der Waals surface area contributed by atoms with E-state index in [1.54, 1.807) is 11.3 Å². The number of benzene rings is 1. The number of nitrogens with one attached hydrogen (secondary N) is 1. The minimum atomic E-state index is 0.165. The zero-order chi connectivity index (χ0) is 16.1. The molecule has 0 bridgehead atoms. The molecule has 1 aromatic carbocycles. The van der Waals surface area contributed by atoms with Gasteiger partial charge in [0.2, 0.25) is 5.91 Å². The second-order valence-corrected chi connectivity index (χ2v) is 7.16. The molecule has 2 heterocycles. The molecule has 1 N–H and O–H groups in total. The first-order chi connectivity index (χ1) is 11.2. The first-order valence-corrected chi connectivity index (χ1v) is 9.23. The van der Waals surface area contributed by atoms with E-state index in [2.05, 4.69) is 52.9 Å². The molecule has 1 amide bonds. The van der Waals surface area contributed by atoms with Gasteiger partial charge in [-0.3, -0.25) is 4.79 Å². The van der Waals surface area contributed by atoms with E-state index in [-0.39, 0.29) is 5.91 Å². The lowest BCUT2D eigenvalue weighted by Gasteiger charge is -2.27. The molecule has 1 aromatic heterocycles. The van der Waals surface area contributed by atoms with E-state index >= 15 is 0 Å². The highest BCUT2D eigenvalue weighted by Crippen LogP contribution is 2.24. The van der Waals surface area contributed by atoms with Crippen molar-refractivity contribution in [3.8, 4) is 0 Å². The van der Waals surface area contributed by atoms with E-state index in [9.17, 15) is 4.79 Å². The number of carbonyl (C=O) groups excluding carboxylic acids is 1. The molecule has 1 aliphatic heterocycles. The third-order valence-electron chi connectivity index (χ3n) is 4.55. The first kappa shape index (κ1) is 16.1. The van der Waals surface area contributed by atoms with Crippen LogP contribution in [0.25, 0.3) is 0 Å². The molecular weight excluding hydrogens is 304 g/mol. The number of hydrogen-bond donors (Lipinski definition) is 1. The summed E-state index contributed by atoms with van der Waals surface area (Å²) in [6.45, 7) is 3.94. The van der Waals surface area contributed by atoms with Gasteiger partial charge < -0.3 is 10.2 Å². The summed E-state index contributed by atoms with van der Waals surface area (Å²) in [6.07, 6.45) is 3.78. The van der Waals surface area contributed by atoms with Gasteiger partial charge in [0, 0.05) is 36.1 Å². The quantitative estimate of drug-likeness (QED) is 0.875. The monoisotopic (exact) mass is 328 g/mol. The van der Waals surface area contributed by atoms with E-state index < -0.39 is 0 Å². The minimum absolute atomic E-state index is 0.165. The van der Waals surface area contributed by atoms with Crippen LogP contribution in [-0.4, -0.2) is 25.0 Å². The molecule has 1 saturated heterocycles. The maximum Gasteiger partial charge on any atom is 0.220 e. The molecule has 0 unspecified atom stereocenters. The molecule has 23 heavy (non-hydrogen) atoms. The second kappa shape index (κ2) is 7.64. The van der Waals surface area contributed by atoms with Gasteiger partial charge in [0.05, 0.1) is 0 Å². The van der Waals surface area contributed by atoms with E-state index in [1.807, 2.05) is 6.07 Å². The fraction of sp³-hybridized carbons (Fsp3) is 0.421. The summed E-state index contributed by atoms with van der Waals surface area (Å²) in [4.78, 5) is 15.9. The van der Waals surface area contributed by atoms with Gasteiger partial charge in [-0.15, -0.1) is 11.3 Å². The number of thiophene rings is 1. The standard InChI is InChI=1S/C19H24N2OS/c1-15-11-13-23-18(15)9-10-19(22)20-14-17-8-5-12-21(17)16-6-3-2-4-7-16/h2-4,6-7,11,13,17H,5,8-10,12,14H2,1H3,(H,20,22)/t17-/m1/s1. The van der Waals surface area contributed by atoms with Crippen LogP contribution in [0.15, 0.2) is 41.8 Å². The number of nitrogens with zero attached hydrogens (tertiary/aromatic N) is 1. The molecule has 4 heteroatoms. The molecule has 3 rings (SSSR count). The zero-order valence-electron chi connectivity index (χ0n) is 13.6. The predicted molar refractivity (Wildman–Crippen MR) is 97.2 cm³/mol. The summed E-state index contributed by atoms with van der Waals surface area (Å²) in [7, 11) is 0. The lowest BCUT2D eigenvalue weighted by molar-refractivity contribution is -0.121. The van der Waals surface area contributed by atoms with E-state index in [4.69, 9.17) is 0 Å². The Morgan fingerprint density at radius 3 is 2.87 bits per heavy atom. The maximum atomic E-state index is 12.1. The smallest absolute Gasteiger partial charge is 0.220 e. The number of carbonyl (C=O) groups is 1. The van der Waals surface area contributed by atoms with Gasteiger partial charge in [-0.1, -0.05) is 18.2 Å². The molecule has 0 saturated carbocycles. The van der Waals surface area contributed by atoms with Crippen molar-refractivity contribution in [1.29, 1.82) is 0 Å². The van der Waals surface area contributed by atoms with Gasteiger partial charge >= 0.3 is 0 Å². The molecule has 3 nitrogen and oxygen atoms in total. The van der Waals surface area contributed by atoms with Crippen molar-refractivity contribution in [2.24, 2.45) is 0 Å². The molecule has 0 aliphatic carbocycles. The van der Waals surface area contributed by atoms with Crippen LogP contribution in [-0.2, 0) is 11.2 Å². The summed E-state index contributed by atoms with van der Waals surface area (Å²) in [5.74, 6) is 0.165. The molecular formula is C19H24N2OS. The molecule has 0 radical (unpaired) electrons. The van der Waals surface area contributed by atoms with Gasteiger partial charge in [0.25, 0.3) is 0 Å². The molecule has 1 atom stereocenters. The Morgan fingerprint density at radius 2 is 2.13 bits per heavy atom. The van der Waals surface area contributed by atoms with Crippen LogP contribution in [0.5, 0.6) is 0 Å². The average Bonchev–Trinajstić information content (AvgIpc) is 3.20. The Kier molecular flexibility index (Phi) is 5.34. The lowest BCUT2D eigenvalue weighted by atomic mass is 10.1. The molecule has 0 spiro atoms. The summed E-state index contributed by atoms with van der Waals surface area (Å²) < 4.78 is 0. The van der Waals surface area contributed by atoms with E-state index in [1.165, 1.54) is 22.5 Å². The Bertz CT molecular complexity index is 638. The largest absolute Gasteiger partial charge is 0.367 e. The van der Waals surface area contributed by atoms with Crippen molar-refractivity contribution < 1.29 is 4.79 Å². The third kappa shape index (κ3) is 4.14. The fourth-order valence-electron chi connectivity index (χ4n) is 3.21. The normalized spacial score (nSPS) is 17.4. The van der Waals surface area contributed by atoms with Crippen LogP contribution < -0.4 is 10.2 Å². The highest BCUT2D eigenvalue weighted by molar-refractivity contribution is 7.10. The SMILES string of the molecule is Cc1ccsc1CCC(=O)NC[C@H]1CCCN1c1ccccc1. The zero-order valence-corrected chi connectivity index (χ0v) is 14.4. The van der Waals surface area contributed by atoms with Crippen LogP contribution in [0.3, 0.4) is 0 Å². The first-order valence-electron chi connectivity index (χ1n) is 8.35. The van der Waals surface area contributed by atoms with E-state index in [0.29, 0.717) is 12.5 Å². The highest BCUT2D eigenvalue weighted by atomic mass is 32.1. The van der Waals surface area contributed by atoms with Crippen molar-refractivity contribution in [3.63, 3.8) is 0 Å². The molecule has 2 aromatic rings. The number of aryl methyl sites for hydroxylation is 2. The molecule has 1 aliphatic rings. The lowest BCUT2D eigenvalue weighted by Crippen LogP contribution is -2.40. The second-order valence-electron chi connectivity index (χ2n) is 6.16. The Labute approximate surface area is 142 Å². The topological polar surface area (TPSA) is 32.3 Å². The number of hydrogen-bond acceptors (Lipinski definition) is 3. The average molecular weight is 328 g/mol. The van der Waals surface area contributed by atoms with Gasteiger partial charge in [0.15, 0.2) is 0 Å². The summed E-state index contributed by atoms with van der Waals surface area (Å²) in [5, 5.41) is 5.23. The fourth-order valence-corrected chi connectivity index (χ4v) is 4.12. The van der Waals surface area contributed by atoms with Gasteiger partial charge in [-0.2, -0.15) is 0 Å². The number of anilines is 1. The van der Waals surface area contributed by atoms with Crippen molar-refractivity contribution >= 4 is 22.9 Å².